The molecular formula is C16H20N6S. The molecule has 2 aromatic rings. The van der Waals surface area contributed by atoms with Crippen molar-refractivity contribution in [2.45, 2.75) is 37.5 Å². The van der Waals surface area contributed by atoms with Crippen molar-refractivity contribution in [1.82, 2.24) is 20.2 Å². The predicted molar refractivity (Wildman–Crippen MR) is 90.3 cm³/mol. The minimum Gasteiger partial charge on any atom is -0.353 e. The number of nitrogens with zero attached hydrogens (tertiary/aromatic N) is 6. The van der Waals surface area contributed by atoms with Crippen LogP contribution >= 0.6 is 11.3 Å². The van der Waals surface area contributed by atoms with Gasteiger partial charge >= 0.3 is 0 Å². The molecule has 0 spiro atoms. The lowest BCUT2D eigenvalue weighted by atomic mass is 10.2. The fourth-order valence-corrected chi connectivity index (χ4v) is 4.18. The zero-order chi connectivity index (χ0) is 15.2. The van der Waals surface area contributed by atoms with Crippen molar-refractivity contribution in [3.63, 3.8) is 0 Å². The fourth-order valence-electron chi connectivity index (χ4n) is 3.11. The summed E-state index contributed by atoms with van der Waals surface area (Å²) in [5, 5.41) is 11.1. The number of hydrogen-bond acceptors (Lipinski definition) is 7. The van der Waals surface area contributed by atoms with Crippen molar-refractivity contribution >= 4 is 22.3 Å². The number of rotatable bonds is 4. The molecule has 0 unspecified atom stereocenters. The average Bonchev–Trinajstić information content (AvgIpc) is 3.54. The number of aromatic nitrogens is 4. The third-order valence-electron chi connectivity index (χ3n) is 4.90. The first-order valence-electron chi connectivity index (χ1n) is 8.52. The van der Waals surface area contributed by atoms with Crippen LogP contribution in [-0.4, -0.2) is 46.3 Å². The third kappa shape index (κ3) is 2.78. The van der Waals surface area contributed by atoms with Gasteiger partial charge in [-0.05, 0) is 25.7 Å². The van der Waals surface area contributed by atoms with Gasteiger partial charge in [0.05, 0.1) is 0 Å². The molecule has 2 saturated carbocycles. The highest BCUT2D eigenvalue weighted by atomic mass is 32.1. The Morgan fingerprint density at radius 3 is 2.35 bits per heavy atom. The number of piperazine rings is 1. The van der Waals surface area contributed by atoms with Crippen LogP contribution in [0.25, 0.3) is 0 Å². The molecule has 2 aliphatic carbocycles. The summed E-state index contributed by atoms with van der Waals surface area (Å²) in [7, 11) is 0. The molecule has 0 radical (unpaired) electrons. The highest BCUT2D eigenvalue weighted by Gasteiger charge is 2.30. The Balaban J connectivity index is 1.25. The van der Waals surface area contributed by atoms with E-state index in [9.17, 15) is 0 Å². The first kappa shape index (κ1) is 13.7. The number of hydrogen-bond donors (Lipinski definition) is 0. The van der Waals surface area contributed by atoms with E-state index in [1.54, 1.807) is 17.7 Å². The van der Waals surface area contributed by atoms with Crippen LogP contribution in [0.15, 0.2) is 12.4 Å². The quantitative estimate of drug-likeness (QED) is 0.859. The SMILES string of the molecule is c1nc(C2CC2)cc(N2CCN(c3nnc(C4CC4)s3)CC2)n1. The highest BCUT2D eigenvalue weighted by Crippen LogP contribution is 2.43. The van der Waals surface area contributed by atoms with Gasteiger partial charge in [0.1, 0.15) is 17.2 Å². The maximum atomic E-state index is 4.48. The largest absolute Gasteiger partial charge is 0.353 e. The molecule has 3 fully saturated rings. The van der Waals surface area contributed by atoms with Gasteiger partial charge in [0.25, 0.3) is 0 Å². The normalized spacial score (nSPS) is 21.7. The van der Waals surface area contributed by atoms with E-state index in [0.717, 1.165) is 37.1 Å². The smallest absolute Gasteiger partial charge is 0.208 e. The van der Waals surface area contributed by atoms with Crippen LogP contribution in [0.4, 0.5) is 10.9 Å². The van der Waals surface area contributed by atoms with Crippen LogP contribution in [-0.2, 0) is 0 Å². The second-order valence-corrected chi connectivity index (χ2v) is 7.73. The molecule has 120 valence electrons. The Morgan fingerprint density at radius 1 is 0.870 bits per heavy atom. The Bertz CT molecular complexity index is 700. The molecule has 0 N–H and O–H groups in total. The molecule has 6 nitrogen and oxygen atoms in total. The van der Waals surface area contributed by atoms with Gasteiger partial charge in [0, 0.05) is 49.8 Å². The first-order valence-corrected chi connectivity index (χ1v) is 9.34. The second-order valence-electron chi connectivity index (χ2n) is 6.75. The van der Waals surface area contributed by atoms with Crippen molar-refractivity contribution < 1.29 is 0 Å². The molecule has 1 saturated heterocycles. The molecular weight excluding hydrogens is 308 g/mol. The lowest BCUT2D eigenvalue weighted by Crippen LogP contribution is -2.46. The van der Waals surface area contributed by atoms with E-state index in [1.807, 2.05) is 0 Å². The summed E-state index contributed by atoms with van der Waals surface area (Å²) in [6.07, 6.45) is 6.87. The van der Waals surface area contributed by atoms with Gasteiger partial charge in [-0.1, -0.05) is 11.3 Å². The Morgan fingerprint density at radius 2 is 1.61 bits per heavy atom. The standard InChI is InChI=1S/C16H20N6S/c1-2-11(1)13-9-14(18-10-17-13)21-5-7-22(8-6-21)16-20-19-15(23-16)12-3-4-12/h9-12H,1-8H2. The zero-order valence-corrected chi connectivity index (χ0v) is 13.9. The lowest BCUT2D eigenvalue weighted by Gasteiger charge is -2.35. The van der Waals surface area contributed by atoms with Crippen LogP contribution in [0.1, 0.15) is 48.2 Å². The Hall–Kier alpha value is -1.76. The van der Waals surface area contributed by atoms with E-state index in [-0.39, 0.29) is 0 Å². The van der Waals surface area contributed by atoms with Crippen molar-refractivity contribution in [2.75, 3.05) is 36.0 Å². The molecule has 0 amide bonds. The van der Waals surface area contributed by atoms with Crippen LogP contribution in [0.5, 0.6) is 0 Å². The van der Waals surface area contributed by atoms with Crippen molar-refractivity contribution in [2.24, 2.45) is 0 Å². The van der Waals surface area contributed by atoms with Crippen LogP contribution in [0.2, 0.25) is 0 Å². The summed E-state index contributed by atoms with van der Waals surface area (Å²) in [5.74, 6) is 2.46. The van der Waals surface area contributed by atoms with Crippen molar-refractivity contribution in [3.05, 3.63) is 23.1 Å². The summed E-state index contributed by atoms with van der Waals surface area (Å²) < 4.78 is 0. The maximum absolute atomic E-state index is 4.48. The Labute approximate surface area is 139 Å². The molecule has 3 aliphatic rings. The molecule has 0 bridgehead atoms. The van der Waals surface area contributed by atoms with Crippen LogP contribution in [0.3, 0.4) is 0 Å². The molecule has 2 aromatic heterocycles. The minimum atomic E-state index is 0.681. The summed E-state index contributed by atoms with van der Waals surface area (Å²) in [4.78, 5) is 13.6. The molecule has 1 aliphatic heterocycles. The fraction of sp³-hybridized carbons (Fsp3) is 0.625. The van der Waals surface area contributed by atoms with E-state index in [1.165, 1.54) is 36.4 Å². The third-order valence-corrected chi connectivity index (χ3v) is 6.05. The average molecular weight is 328 g/mol. The van der Waals surface area contributed by atoms with Crippen LogP contribution in [0, 0.1) is 0 Å². The summed E-state index contributed by atoms with van der Waals surface area (Å²) in [6, 6.07) is 2.18. The summed E-state index contributed by atoms with van der Waals surface area (Å²) >= 11 is 1.78. The van der Waals surface area contributed by atoms with Crippen molar-refractivity contribution in [3.8, 4) is 0 Å². The predicted octanol–water partition coefficient (Wildman–Crippen LogP) is 2.41. The second kappa shape index (κ2) is 5.40. The summed E-state index contributed by atoms with van der Waals surface area (Å²) in [6.45, 7) is 3.95. The van der Waals surface area contributed by atoms with Crippen LogP contribution < -0.4 is 9.80 Å². The lowest BCUT2D eigenvalue weighted by molar-refractivity contribution is 0.642. The highest BCUT2D eigenvalue weighted by molar-refractivity contribution is 7.15. The van der Waals surface area contributed by atoms with E-state index in [0.29, 0.717) is 11.8 Å². The molecule has 0 aromatic carbocycles. The van der Waals surface area contributed by atoms with Gasteiger partial charge in [-0.15, -0.1) is 10.2 Å². The maximum Gasteiger partial charge on any atom is 0.208 e. The monoisotopic (exact) mass is 328 g/mol. The topological polar surface area (TPSA) is 58.0 Å². The molecule has 23 heavy (non-hydrogen) atoms. The molecule has 7 heteroatoms. The van der Waals surface area contributed by atoms with E-state index in [2.05, 4.69) is 36.0 Å². The first-order chi connectivity index (χ1) is 11.4. The summed E-state index contributed by atoms with van der Waals surface area (Å²) in [5.41, 5.74) is 1.22. The van der Waals surface area contributed by atoms with Gasteiger partial charge < -0.3 is 9.80 Å². The number of anilines is 2. The van der Waals surface area contributed by atoms with Gasteiger partial charge in [0.2, 0.25) is 5.13 Å². The Kier molecular flexibility index (Phi) is 3.21. The van der Waals surface area contributed by atoms with Gasteiger partial charge in [0.15, 0.2) is 0 Å². The van der Waals surface area contributed by atoms with E-state index < -0.39 is 0 Å². The van der Waals surface area contributed by atoms with Gasteiger partial charge in [-0.25, -0.2) is 9.97 Å². The molecule has 5 rings (SSSR count). The van der Waals surface area contributed by atoms with Gasteiger partial charge in [-0.2, -0.15) is 0 Å². The van der Waals surface area contributed by atoms with Crippen molar-refractivity contribution in [1.29, 1.82) is 0 Å². The minimum absolute atomic E-state index is 0.681. The van der Waals surface area contributed by atoms with E-state index >= 15 is 0 Å². The zero-order valence-electron chi connectivity index (χ0n) is 13.1. The molecule has 0 atom stereocenters. The van der Waals surface area contributed by atoms with E-state index in [4.69, 9.17) is 0 Å². The molecule has 3 heterocycles. The van der Waals surface area contributed by atoms with Gasteiger partial charge in [-0.3, -0.25) is 0 Å².